The number of amides is 1. The molecule has 1 unspecified atom stereocenters. The molecule has 0 bridgehead atoms. The van der Waals surface area contributed by atoms with Crippen LogP contribution in [0.4, 0.5) is 5.69 Å². The van der Waals surface area contributed by atoms with Crippen LogP contribution < -0.4 is 19.1 Å². The fourth-order valence-corrected chi connectivity index (χ4v) is 3.81. The molecule has 3 rings (SSSR count). The highest BCUT2D eigenvalue weighted by atomic mass is 16.5. The van der Waals surface area contributed by atoms with Crippen molar-refractivity contribution in [2.45, 2.75) is 39.3 Å². The zero-order valence-electron chi connectivity index (χ0n) is 18.6. The Kier molecular flexibility index (Phi) is 7.08. The summed E-state index contributed by atoms with van der Waals surface area (Å²) < 4.78 is 16.8. The molecule has 1 fully saturated rings. The average molecular weight is 413 g/mol. The molecule has 0 aromatic heterocycles. The van der Waals surface area contributed by atoms with Crippen LogP contribution in [0.2, 0.25) is 0 Å². The number of carbonyl (C=O) groups is 1. The van der Waals surface area contributed by atoms with Crippen LogP contribution in [0.25, 0.3) is 0 Å². The molecule has 1 aliphatic rings. The number of methoxy groups -OCH3 is 2. The van der Waals surface area contributed by atoms with Crippen LogP contribution in [0.1, 0.15) is 37.6 Å². The highest BCUT2D eigenvalue weighted by Gasteiger charge is 2.27. The van der Waals surface area contributed by atoms with Gasteiger partial charge in [-0.2, -0.15) is 0 Å². The Morgan fingerprint density at radius 3 is 2.40 bits per heavy atom. The topological polar surface area (TPSA) is 51.2 Å². The Hall–Kier alpha value is -2.89. The second kappa shape index (κ2) is 9.74. The van der Waals surface area contributed by atoms with Gasteiger partial charge >= 0.3 is 0 Å². The number of hydrogen-bond donors (Lipinski definition) is 0. The van der Waals surface area contributed by atoms with Gasteiger partial charge in [-0.15, -0.1) is 0 Å². The summed E-state index contributed by atoms with van der Waals surface area (Å²) in [6.07, 6.45) is 0.919. The van der Waals surface area contributed by atoms with E-state index in [2.05, 4.69) is 17.9 Å². The van der Waals surface area contributed by atoms with Crippen LogP contribution in [-0.4, -0.2) is 56.8 Å². The van der Waals surface area contributed by atoms with Gasteiger partial charge in [-0.05, 0) is 57.5 Å². The number of para-hydroxylation sites is 2. The second-order valence-corrected chi connectivity index (χ2v) is 7.83. The zero-order valence-corrected chi connectivity index (χ0v) is 18.6. The molecule has 1 aliphatic heterocycles. The lowest BCUT2D eigenvalue weighted by Crippen LogP contribution is -2.40. The first-order chi connectivity index (χ1) is 14.4. The number of anilines is 1. The van der Waals surface area contributed by atoms with Gasteiger partial charge in [-0.25, -0.2) is 0 Å². The second-order valence-electron chi connectivity index (χ2n) is 7.83. The lowest BCUT2D eigenvalue weighted by Gasteiger charge is -2.27. The molecule has 30 heavy (non-hydrogen) atoms. The van der Waals surface area contributed by atoms with E-state index in [1.807, 2.05) is 49.1 Å². The first-order valence-electron chi connectivity index (χ1n) is 10.5. The number of benzene rings is 2. The molecule has 0 radical (unpaired) electrons. The summed E-state index contributed by atoms with van der Waals surface area (Å²) in [4.78, 5) is 17.6. The molecule has 0 aliphatic carbocycles. The number of ether oxygens (including phenoxy) is 3. The third kappa shape index (κ3) is 4.81. The van der Waals surface area contributed by atoms with Gasteiger partial charge in [0.1, 0.15) is 5.75 Å². The maximum absolute atomic E-state index is 13.3. The Labute approximate surface area is 179 Å². The smallest absolute Gasteiger partial charge is 0.254 e. The third-order valence-electron chi connectivity index (χ3n) is 5.42. The Morgan fingerprint density at radius 2 is 1.70 bits per heavy atom. The highest BCUT2D eigenvalue weighted by molar-refractivity contribution is 5.95. The zero-order chi connectivity index (χ0) is 21.7. The molecule has 0 N–H and O–H groups in total. The van der Waals surface area contributed by atoms with E-state index >= 15 is 0 Å². The Balaban J connectivity index is 1.78. The van der Waals surface area contributed by atoms with Crippen LogP contribution in [0, 0.1) is 0 Å². The Bertz CT molecular complexity index is 868. The molecular weight excluding hydrogens is 380 g/mol. The van der Waals surface area contributed by atoms with Crippen LogP contribution in [0.15, 0.2) is 42.5 Å². The maximum Gasteiger partial charge on any atom is 0.254 e. The van der Waals surface area contributed by atoms with E-state index < -0.39 is 0 Å². The van der Waals surface area contributed by atoms with Gasteiger partial charge in [-0.1, -0.05) is 12.1 Å². The molecule has 2 aromatic carbocycles. The van der Waals surface area contributed by atoms with Crippen molar-refractivity contribution < 1.29 is 19.0 Å². The standard InChI is InChI=1S/C24H32N2O4/c1-17(2)30-22-11-10-19(16-23(22)29-5)24(27)26-15-14-25(13-12-18(26)3)20-8-6-7-9-21(20)28-4/h6-11,16-18H,12-15H2,1-5H3. The van der Waals surface area contributed by atoms with Gasteiger partial charge < -0.3 is 24.0 Å². The van der Waals surface area contributed by atoms with Crippen molar-refractivity contribution in [2.24, 2.45) is 0 Å². The minimum atomic E-state index is 0.0128. The summed E-state index contributed by atoms with van der Waals surface area (Å²) in [6, 6.07) is 13.6. The minimum Gasteiger partial charge on any atom is -0.495 e. The molecule has 162 valence electrons. The lowest BCUT2D eigenvalue weighted by atomic mass is 10.1. The van der Waals surface area contributed by atoms with E-state index in [4.69, 9.17) is 14.2 Å². The largest absolute Gasteiger partial charge is 0.495 e. The number of carbonyl (C=O) groups excluding carboxylic acids is 1. The predicted molar refractivity (Wildman–Crippen MR) is 119 cm³/mol. The van der Waals surface area contributed by atoms with Crippen LogP contribution in [0.3, 0.4) is 0 Å². The molecule has 0 spiro atoms. The van der Waals surface area contributed by atoms with Crippen LogP contribution >= 0.6 is 0 Å². The molecule has 1 atom stereocenters. The van der Waals surface area contributed by atoms with Crippen LogP contribution in [0.5, 0.6) is 17.2 Å². The third-order valence-corrected chi connectivity index (χ3v) is 5.42. The van der Waals surface area contributed by atoms with Crippen LogP contribution in [-0.2, 0) is 0 Å². The van der Waals surface area contributed by atoms with Crippen molar-refractivity contribution in [3.05, 3.63) is 48.0 Å². The molecule has 6 nitrogen and oxygen atoms in total. The molecule has 0 saturated carbocycles. The van der Waals surface area contributed by atoms with Gasteiger partial charge in [0.15, 0.2) is 11.5 Å². The number of nitrogens with zero attached hydrogens (tertiary/aromatic N) is 2. The van der Waals surface area contributed by atoms with Gasteiger partial charge in [0.05, 0.1) is 26.0 Å². The van der Waals surface area contributed by atoms with E-state index in [0.29, 0.717) is 23.6 Å². The lowest BCUT2D eigenvalue weighted by molar-refractivity contribution is 0.0704. The van der Waals surface area contributed by atoms with Gasteiger partial charge in [-0.3, -0.25) is 4.79 Å². The number of rotatable bonds is 6. The highest BCUT2D eigenvalue weighted by Crippen LogP contribution is 2.31. The normalized spacial score (nSPS) is 16.9. The number of hydrogen-bond acceptors (Lipinski definition) is 5. The summed E-state index contributed by atoms with van der Waals surface area (Å²) in [5.41, 5.74) is 1.68. The summed E-state index contributed by atoms with van der Waals surface area (Å²) in [6.45, 7) is 8.30. The first kappa shape index (κ1) is 21.8. The fourth-order valence-electron chi connectivity index (χ4n) is 3.81. The summed E-state index contributed by atoms with van der Waals surface area (Å²) in [7, 11) is 3.28. The fraction of sp³-hybridized carbons (Fsp3) is 0.458. The van der Waals surface area contributed by atoms with Gasteiger partial charge in [0.25, 0.3) is 5.91 Å². The minimum absolute atomic E-state index is 0.0128. The molecule has 1 amide bonds. The van der Waals surface area contributed by atoms with E-state index in [1.54, 1.807) is 20.3 Å². The summed E-state index contributed by atoms with van der Waals surface area (Å²) >= 11 is 0. The molecule has 1 heterocycles. The van der Waals surface area contributed by atoms with Crippen molar-refractivity contribution in [1.82, 2.24) is 4.90 Å². The maximum atomic E-state index is 13.3. The van der Waals surface area contributed by atoms with Crippen molar-refractivity contribution in [3.63, 3.8) is 0 Å². The quantitative estimate of drug-likeness (QED) is 0.711. The van der Waals surface area contributed by atoms with E-state index in [-0.39, 0.29) is 18.1 Å². The van der Waals surface area contributed by atoms with Crippen molar-refractivity contribution >= 4 is 11.6 Å². The monoisotopic (exact) mass is 412 g/mol. The average Bonchev–Trinajstić information content (AvgIpc) is 2.94. The van der Waals surface area contributed by atoms with Crippen molar-refractivity contribution in [1.29, 1.82) is 0 Å². The first-order valence-corrected chi connectivity index (χ1v) is 10.5. The molecule has 6 heteroatoms. The van der Waals surface area contributed by atoms with Gasteiger partial charge in [0, 0.05) is 31.2 Å². The SMILES string of the molecule is COc1cc(C(=O)N2CCN(c3ccccc3OC)CCC2C)ccc1OC(C)C. The van der Waals surface area contributed by atoms with E-state index in [1.165, 1.54) is 0 Å². The molecule has 1 saturated heterocycles. The molecular formula is C24H32N2O4. The summed E-state index contributed by atoms with van der Waals surface area (Å²) in [5.74, 6) is 2.09. The Morgan fingerprint density at radius 1 is 0.967 bits per heavy atom. The van der Waals surface area contributed by atoms with Crippen molar-refractivity contribution in [3.8, 4) is 17.2 Å². The predicted octanol–water partition coefficient (Wildman–Crippen LogP) is 4.23. The molecule has 2 aromatic rings. The van der Waals surface area contributed by atoms with E-state index in [9.17, 15) is 4.79 Å². The van der Waals surface area contributed by atoms with E-state index in [0.717, 1.165) is 30.9 Å². The van der Waals surface area contributed by atoms with Crippen molar-refractivity contribution in [2.75, 3.05) is 38.8 Å². The van der Waals surface area contributed by atoms with Gasteiger partial charge in [0.2, 0.25) is 0 Å². The summed E-state index contributed by atoms with van der Waals surface area (Å²) in [5, 5.41) is 0.